The zero-order valence-electron chi connectivity index (χ0n) is 10.5. The molecule has 2 saturated carbocycles. The highest BCUT2D eigenvalue weighted by Crippen LogP contribution is 2.30. The molecule has 17 heavy (non-hydrogen) atoms. The Kier molecular flexibility index (Phi) is 6.28. The molecule has 4 heteroatoms. The molecule has 2 fully saturated rings. The molecule has 0 radical (unpaired) electrons. The summed E-state index contributed by atoms with van der Waals surface area (Å²) < 4.78 is 0. The Labute approximate surface area is 110 Å². The lowest BCUT2D eigenvalue weighted by molar-refractivity contribution is -0.123. The van der Waals surface area contributed by atoms with Gasteiger partial charge in [-0.1, -0.05) is 19.3 Å². The topological polar surface area (TPSA) is 55.1 Å². The lowest BCUT2D eigenvalue weighted by atomic mass is 9.81. The van der Waals surface area contributed by atoms with Crippen molar-refractivity contribution in [2.75, 3.05) is 6.54 Å². The summed E-state index contributed by atoms with van der Waals surface area (Å²) >= 11 is 0. The fraction of sp³-hybridized carbons (Fsp3) is 0.923. The highest BCUT2D eigenvalue weighted by molar-refractivity contribution is 5.85. The molecule has 0 bridgehead atoms. The second-order valence-corrected chi connectivity index (χ2v) is 5.46. The van der Waals surface area contributed by atoms with Crippen LogP contribution in [0.3, 0.4) is 0 Å². The van der Waals surface area contributed by atoms with Crippen molar-refractivity contribution in [2.24, 2.45) is 17.6 Å². The first kappa shape index (κ1) is 14.8. The summed E-state index contributed by atoms with van der Waals surface area (Å²) in [5, 5.41) is 3.20. The molecule has 0 aromatic heterocycles. The molecule has 1 amide bonds. The van der Waals surface area contributed by atoms with Crippen LogP contribution >= 0.6 is 12.4 Å². The molecule has 0 aliphatic heterocycles. The molecule has 0 aromatic carbocycles. The first-order valence-electron chi connectivity index (χ1n) is 6.79. The van der Waals surface area contributed by atoms with Crippen molar-refractivity contribution in [3.8, 4) is 0 Å². The Balaban J connectivity index is 0.00000144. The van der Waals surface area contributed by atoms with Crippen LogP contribution in [0.1, 0.15) is 51.4 Å². The van der Waals surface area contributed by atoms with Gasteiger partial charge in [-0.3, -0.25) is 4.79 Å². The van der Waals surface area contributed by atoms with Crippen LogP contribution in [0.4, 0.5) is 0 Å². The normalized spacial score (nSPS) is 29.0. The van der Waals surface area contributed by atoms with Crippen LogP contribution < -0.4 is 11.1 Å². The van der Waals surface area contributed by atoms with E-state index in [0.29, 0.717) is 24.4 Å². The van der Waals surface area contributed by atoms with E-state index >= 15 is 0 Å². The van der Waals surface area contributed by atoms with Gasteiger partial charge in [0.25, 0.3) is 0 Å². The molecule has 3 N–H and O–H groups in total. The summed E-state index contributed by atoms with van der Waals surface area (Å²) in [5.41, 5.74) is 5.76. The lowest BCUT2D eigenvalue weighted by Gasteiger charge is -2.32. The van der Waals surface area contributed by atoms with Crippen molar-refractivity contribution >= 4 is 18.3 Å². The second-order valence-electron chi connectivity index (χ2n) is 5.46. The van der Waals surface area contributed by atoms with E-state index in [-0.39, 0.29) is 18.3 Å². The third kappa shape index (κ3) is 4.14. The number of carbonyl (C=O) groups is 1. The quantitative estimate of drug-likeness (QED) is 0.815. The number of carbonyl (C=O) groups excluding carboxylic acids is 1. The second kappa shape index (κ2) is 7.22. The molecule has 2 aliphatic rings. The smallest absolute Gasteiger partial charge is 0.220 e. The maximum atomic E-state index is 11.8. The largest absolute Gasteiger partial charge is 0.353 e. The van der Waals surface area contributed by atoms with E-state index in [0.717, 1.165) is 12.8 Å². The molecule has 0 heterocycles. The van der Waals surface area contributed by atoms with Gasteiger partial charge in [-0.15, -0.1) is 12.4 Å². The molecule has 0 aromatic rings. The molecule has 2 aliphatic carbocycles. The Morgan fingerprint density at radius 1 is 1.12 bits per heavy atom. The number of halogens is 1. The van der Waals surface area contributed by atoms with Crippen molar-refractivity contribution in [1.82, 2.24) is 5.32 Å². The van der Waals surface area contributed by atoms with Crippen LogP contribution in [-0.4, -0.2) is 18.5 Å². The monoisotopic (exact) mass is 260 g/mol. The highest BCUT2D eigenvalue weighted by atomic mass is 35.5. The summed E-state index contributed by atoms with van der Waals surface area (Å²) in [5.74, 6) is 1.44. The van der Waals surface area contributed by atoms with E-state index in [9.17, 15) is 4.79 Å². The van der Waals surface area contributed by atoms with E-state index in [1.807, 2.05) is 0 Å². The number of hydrogen-bond donors (Lipinski definition) is 2. The van der Waals surface area contributed by atoms with Gasteiger partial charge in [0.05, 0.1) is 0 Å². The van der Waals surface area contributed by atoms with Gasteiger partial charge < -0.3 is 11.1 Å². The molecule has 2 rings (SSSR count). The predicted molar refractivity (Wildman–Crippen MR) is 72.1 cm³/mol. The molecule has 2 unspecified atom stereocenters. The number of rotatable bonds is 4. The molecule has 3 nitrogen and oxygen atoms in total. The van der Waals surface area contributed by atoms with E-state index < -0.39 is 0 Å². The number of nitrogens with one attached hydrogen (secondary N) is 1. The maximum Gasteiger partial charge on any atom is 0.220 e. The van der Waals surface area contributed by atoms with Crippen LogP contribution in [0.2, 0.25) is 0 Å². The Morgan fingerprint density at radius 2 is 1.82 bits per heavy atom. The van der Waals surface area contributed by atoms with Crippen LogP contribution in [0.5, 0.6) is 0 Å². The minimum atomic E-state index is 0. The molecular weight excluding hydrogens is 236 g/mol. The van der Waals surface area contributed by atoms with E-state index in [4.69, 9.17) is 5.73 Å². The number of amides is 1. The minimum Gasteiger partial charge on any atom is -0.353 e. The van der Waals surface area contributed by atoms with Gasteiger partial charge in [0.15, 0.2) is 0 Å². The third-order valence-electron chi connectivity index (χ3n) is 4.26. The first-order valence-corrected chi connectivity index (χ1v) is 6.79. The van der Waals surface area contributed by atoms with Gasteiger partial charge in [0.2, 0.25) is 5.91 Å². The van der Waals surface area contributed by atoms with Crippen molar-refractivity contribution in [3.05, 3.63) is 0 Å². The molecule has 0 saturated heterocycles. The molecule has 0 spiro atoms. The van der Waals surface area contributed by atoms with Crippen molar-refractivity contribution in [2.45, 2.75) is 57.4 Å². The summed E-state index contributed by atoms with van der Waals surface area (Å²) in [6, 6.07) is 0.353. The zero-order chi connectivity index (χ0) is 11.4. The average molecular weight is 261 g/mol. The van der Waals surface area contributed by atoms with Gasteiger partial charge in [-0.05, 0) is 44.1 Å². The summed E-state index contributed by atoms with van der Waals surface area (Å²) in [6.45, 7) is 0.717. The summed E-state index contributed by atoms with van der Waals surface area (Å²) in [7, 11) is 0. The van der Waals surface area contributed by atoms with Crippen molar-refractivity contribution in [1.29, 1.82) is 0 Å². The van der Waals surface area contributed by atoms with Gasteiger partial charge >= 0.3 is 0 Å². The van der Waals surface area contributed by atoms with Crippen molar-refractivity contribution in [3.63, 3.8) is 0 Å². The van der Waals surface area contributed by atoms with Gasteiger partial charge in [0.1, 0.15) is 0 Å². The van der Waals surface area contributed by atoms with Crippen LogP contribution in [0, 0.1) is 11.8 Å². The van der Waals surface area contributed by atoms with E-state index in [2.05, 4.69) is 5.32 Å². The Bertz CT molecular complexity index is 244. The minimum absolute atomic E-state index is 0. The fourth-order valence-corrected chi connectivity index (χ4v) is 2.90. The lowest BCUT2D eigenvalue weighted by Crippen LogP contribution is -2.45. The fourth-order valence-electron chi connectivity index (χ4n) is 2.90. The molecule has 100 valence electrons. The average Bonchev–Trinajstić information content (AvgIpc) is 2.24. The van der Waals surface area contributed by atoms with E-state index in [1.54, 1.807) is 0 Å². The Morgan fingerprint density at radius 3 is 2.41 bits per heavy atom. The predicted octanol–water partition coefficient (Wildman–Crippen LogP) is 2.23. The van der Waals surface area contributed by atoms with Gasteiger partial charge in [-0.25, -0.2) is 0 Å². The molecule has 2 atom stereocenters. The van der Waals surface area contributed by atoms with Crippen LogP contribution in [0.15, 0.2) is 0 Å². The van der Waals surface area contributed by atoms with Gasteiger partial charge in [-0.2, -0.15) is 0 Å². The van der Waals surface area contributed by atoms with Crippen LogP contribution in [0.25, 0.3) is 0 Å². The van der Waals surface area contributed by atoms with Crippen LogP contribution in [-0.2, 0) is 4.79 Å². The SMILES string of the molecule is Cl.NCC1CCCCC1NC(=O)CC1CCC1. The Hall–Kier alpha value is -0.280. The number of hydrogen-bond acceptors (Lipinski definition) is 2. The first-order chi connectivity index (χ1) is 7.79. The zero-order valence-corrected chi connectivity index (χ0v) is 11.3. The highest BCUT2D eigenvalue weighted by Gasteiger charge is 2.27. The standard InChI is InChI=1S/C13H24N2O.ClH/c14-9-11-6-1-2-7-12(11)15-13(16)8-10-4-3-5-10;/h10-12H,1-9,14H2,(H,15,16);1H. The third-order valence-corrected chi connectivity index (χ3v) is 4.26. The summed E-state index contributed by atoms with van der Waals surface area (Å²) in [6.07, 6.45) is 9.38. The van der Waals surface area contributed by atoms with Crippen molar-refractivity contribution < 1.29 is 4.79 Å². The van der Waals surface area contributed by atoms with E-state index in [1.165, 1.54) is 38.5 Å². The molecular formula is C13H25ClN2O. The number of nitrogens with two attached hydrogens (primary N) is 1. The summed E-state index contributed by atoms with van der Waals surface area (Å²) in [4.78, 5) is 11.8. The van der Waals surface area contributed by atoms with Gasteiger partial charge in [0, 0.05) is 12.5 Å². The maximum absolute atomic E-state index is 11.8.